The Morgan fingerprint density at radius 3 is 2.83 bits per heavy atom. The number of hydrogen-bond acceptors (Lipinski definition) is 3. The molecule has 2 aromatic heterocycles. The SMILES string of the molecule is Nc1cccc2cnc(CCN3CCCCC3)n12. The molecule has 4 nitrogen and oxygen atoms in total. The number of fused-ring (bicyclic) bond motifs is 1. The van der Waals surface area contributed by atoms with Crippen LogP contribution >= 0.6 is 0 Å². The molecule has 1 fully saturated rings. The lowest BCUT2D eigenvalue weighted by Crippen LogP contribution is -2.31. The number of imidazole rings is 1. The lowest BCUT2D eigenvalue weighted by molar-refractivity contribution is 0.230. The Morgan fingerprint density at radius 2 is 2.00 bits per heavy atom. The second kappa shape index (κ2) is 4.98. The van der Waals surface area contributed by atoms with Crippen molar-refractivity contribution in [1.82, 2.24) is 14.3 Å². The van der Waals surface area contributed by atoms with Crippen LogP contribution in [0.2, 0.25) is 0 Å². The normalized spacial score (nSPS) is 17.3. The molecule has 0 amide bonds. The maximum Gasteiger partial charge on any atom is 0.116 e. The summed E-state index contributed by atoms with van der Waals surface area (Å²) in [6.45, 7) is 3.56. The summed E-state index contributed by atoms with van der Waals surface area (Å²) in [6, 6.07) is 5.95. The first-order valence-corrected chi connectivity index (χ1v) is 6.78. The molecule has 0 spiro atoms. The van der Waals surface area contributed by atoms with Crippen molar-refractivity contribution in [3.05, 3.63) is 30.2 Å². The number of hydrogen-bond donors (Lipinski definition) is 1. The second-order valence-corrected chi connectivity index (χ2v) is 5.04. The van der Waals surface area contributed by atoms with Crippen LogP contribution in [0.15, 0.2) is 24.4 Å². The van der Waals surface area contributed by atoms with Crippen molar-refractivity contribution in [3.8, 4) is 0 Å². The van der Waals surface area contributed by atoms with E-state index >= 15 is 0 Å². The van der Waals surface area contributed by atoms with Crippen molar-refractivity contribution in [2.45, 2.75) is 25.7 Å². The summed E-state index contributed by atoms with van der Waals surface area (Å²) in [5.74, 6) is 1.85. The first kappa shape index (κ1) is 11.5. The van der Waals surface area contributed by atoms with Crippen LogP contribution in [0.3, 0.4) is 0 Å². The second-order valence-electron chi connectivity index (χ2n) is 5.04. The summed E-state index contributed by atoms with van der Waals surface area (Å²) in [4.78, 5) is 7.03. The minimum absolute atomic E-state index is 0.777. The Bertz CT molecular complexity index is 526. The van der Waals surface area contributed by atoms with Gasteiger partial charge in [0.05, 0.1) is 11.7 Å². The minimum Gasteiger partial charge on any atom is -0.385 e. The number of anilines is 1. The molecule has 0 aliphatic carbocycles. The van der Waals surface area contributed by atoms with E-state index in [2.05, 4.69) is 14.3 Å². The standard InChI is InChI=1S/C14H20N4/c15-13-6-4-5-12-11-16-14(18(12)13)7-10-17-8-2-1-3-9-17/h4-6,11H,1-3,7-10,15H2. The van der Waals surface area contributed by atoms with Gasteiger partial charge in [0.1, 0.15) is 11.6 Å². The lowest BCUT2D eigenvalue weighted by Gasteiger charge is -2.26. The van der Waals surface area contributed by atoms with Gasteiger partial charge in [-0.05, 0) is 38.1 Å². The third kappa shape index (κ3) is 2.20. The third-order valence-electron chi connectivity index (χ3n) is 3.75. The van der Waals surface area contributed by atoms with Crippen molar-refractivity contribution in [3.63, 3.8) is 0 Å². The van der Waals surface area contributed by atoms with Gasteiger partial charge in [-0.3, -0.25) is 4.40 Å². The molecule has 0 radical (unpaired) electrons. The lowest BCUT2D eigenvalue weighted by atomic mass is 10.1. The number of piperidine rings is 1. The molecule has 2 N–H and O–H groups in total. The van der Waals surface area contributed by atoms with E-state index < -0.39 is 0 Å². The maximum absolute atomic E-state index is 6.02. The maximum atomic E-state index is 6.02. The Hall–Kier alpha value is -1.55. The quantitative estimate of drug-likeness (QED) is 0.897. The number of nitrogens with zero attached hydrogens (tertiary/aromatic N) is 3. The molecule has 3 heterocycles. The number of likely N-dealkylation sites (tertiary alicyclic amines) is 1. The van der Waals surface area contributed by atoms with Gasteiger partial charge in [-0.15, -0.1) is 0 Å². The van der Waals surface area contributed by atoms with Crippen LogP contribution in [0.1, 0.15) is 25.1 Å². The highest BCUT2D eigenvalue weighted by Gasteiger charge is 2.12. The molecule has 18 heavy (non-hydrogen) atoms. The van der Waals surface area contributed by atoms with Crippen LogP contribution in [-0.2, 0) is 6.42 Å². The van der Waals surface area contributed by atoms with Crippen LogP contribution in [0.25, 0.3) is 5.52 Å². The summed E-state index contributed by atoms with van der Waals surface area (Å²) in [5.41, 5.74) is 7.11. The van der Waals surface area contributed by atoms with Crippen LogP contribution in [0.5, 0.6) is 0 Å². The highest BCUT2D eigenvalue weighted by Crippen LogP contribution is 2.14. The molecule has 3 rings (SSSR count). The van der Waals surface area contributed by atoms with E-state index in [1.807, 2.05) is 24.4 Å². The molecule has 0 atom stereocenters. The number of nitrogen functional groups attached to an aromatic ring is 1. The zero-order valence-corrected chi connectivity index (χ0v) is 10.7. The average Bonchev–Trinajstić information content (AvgIpc) is 2.82. The first-order valence-electron chi connectivity index (χ1n) is 6.78. The van der Waals surface area contributed by atoms with Crippen LogP contribution < -0.4 is 5.73 Å². The van der Waals surface area contributed by atoms with Gasteiger partial charge in [-0.25, -0.2) is 4.98 Å². The van der Waals surface area contributed by atoms with Gasteiger partial charge in [0, 0.05) is 13.0 Å². The van der Waals surface area contributed by atoms with Crippen molar-refractivity contribution < 1.29 is 0 Å². The highest BCUT2D eigenvalue weighted by molar-refractivity contribution is 5.53. The van der Waals surface area contributed by atoms with Gasteiger partial charge >= 0.3 is 0 Å². The minimum atomic E-state index is 0.777. The van der Waals surface area contributed by atoms with E-state index in [-0.39, 0.29) is 0 Å². The number of nitrogens with two attached hydrogens (primary N) is 1. The van der Waals surface area contributed by atoms with Crippen LogP contribution in [-0.4, -0.2) is 33.9 Å². The van der Waals surface area contributed by atoms with E-state index in [9.17, 15) is 0 Å². The molecular weight excluding hydrogens is 224 g/mol. The topological polar surface area (TPSA) is 46.6 Å². The number of aromatic nitrogens is 2. The van der Waals surface area contributed by atoms with Gasteiger partial charge in [-0.1, -0.05) is 12.5 Å². The molecule has 4 heteroatoms. The molecule has 1 saturated heterocycles. The van der Waals surface area contributed by atoms with E-state index in [0.29, 0.717) is 0 Å². The molecule has 1 aliphatic heterocycles. The molecular formula is C14H20N4. The molecule has 96 valence electrons. The largest absolute Gasteiger partial charge is 0.385 e. The van der Waals surface area contributed by atoms with Crippen LogP contribution in [0.4, 0.5) is 5.82 Å². The van der Waals surface area contributed by atoms with Gasteiger partial charge in [0.25, 0.3) is 0 Å². The third-order valence-corrected chi connectivity index (χ3v) is 3.75. The fourth-order valence-corrected chi connectivity index (χ4v) is 2.76. The number of rotatable bonds is 3. The van der Waals surface area contributed by atoms with E-state index in [0.717, 1.165) is 30.1 Å². The molecule has 0 aromatic carbocycles. The summed E-state index contributed by atoms with van der Waals surface area (Å²) < 4.78 is 2.06. The smallest absolute Gasteiger partial charge is 0.116 e. The Kier molecular flexibility index (Phi) is 3.19. The molecule has 0 saturated carbocycles. The summed E-state index contributed by atoms with van der Waals surface area (Å²) in [5, 5.41) is 0. The van der Waals surface area contributed by atoms with Crippen LogP contribution in [0, 0.1) is 0 Å². The number of pyridine rings is 1. The monoisotopic (exact) mass is 244 g/mol. The van der Waals surface area contributed by atoms with E-state index in [1.165, 1.54) is 32.4 Å². The Labute approximate surface area is 107 Å². The van der Waals surface area contributed by atoms with Gasteiger partial charge in [0.2, 0.25) is 0 Å². The van der Waals surface area contributed by atoms with Gasteiger partial charge < -0.3 is 10.6 Å². The van der Waals surface area contributed by atoms with Gasteiger partial charge in [0.15, 0.2) is 0 Å². The zero-order chi connectivity index (χ0) is 12.4. The molecule has 0 bridgehead atoms. The highest BCUT2D eigenvalue weighted by atomic mass is 15.1. The summed E-state index contributed by atoms with van der Waals surface area (Å²) in [7, 11) is 0. The van der Waals surface area contributed by atoms with Gasteiger partial charge in [-0.2, -0.15) is 0 Å². The van der Waals surface area contributed by atoms with Crippen molar-refractivity contribution in [2.24, 2.45) is 0 Å². The average molecular weight is 244 g/mol. The van der Waals surface area contributed by atoms with Crippen molar-refractivity contribution in [1.29, 1.82) is 0 Å². The first-order chi connectivity index (χ1) is 8.84. The fraction of sp³-hybridized carbons (Fsp3) is 0.500. The molecule has 0 unspecified atom stereocenters. The van der Waals surface area contributed by atoms with Crippen molar-refractivity contribution in [2.75, 3.05) is 25.4 Å². The predicted octanol–water partition coefficient (Wildman–Crippen LogP) is 1.94. The van der Waals surface area contributed by atoms with E-state index in [1.54, 1.807) is 0 Å². The fourth-order valence-electron chi connectivity index (χ4n) is 2.76. The Morgan fingerprint density at radius 1 is 1.17 bits per heavy atom. The zero-order valence-electron chi connectivity index (χ0n) is 10.7. The summed E-state index contributed by atoms with van der Waals surface area (Å²) in [6.07, 6.45) is 6.94. The molecule has 1 aliphatic rings. The predicted molar refractivity (Wildman–Crippen MR) is 73.6 cm³/mol. The van der Waals surface area contributed by atoms with E-state index in [4.69, 9.17) is 5.73 Å². The summed E-state index contributed by atoms with van der Waals surface area (Å²) >= 11 is 0. The molecule has 2 aromatic rings. The Balaban J connectivity index is 1.74. The van der Waals surface area contributed by atoms with Crippen molar-refractivity contribution >= 4 is 11.3 Å².